The molecule has 0 unspecified atom stereocenters. The molecule has 0 saturated heterocycles. The van der Waals surface area contributed by atoms with E-state index < -0.39 is 6.09 Å². The largest absolute Gasteiger partial charge is 0.464 e. The van der Waals surface area contributed by atoms with Crippen LogP contribution in [0.3, 0.4) is 0 Å². The first-order valence-electron chi connectivity index (χ1n) is 4.71. The molecule has 2 aliphatic heterocycles. The molecule has 0 spiro atoms. The van der Waals surface area contributed by atoms with Crippen LogP contribution in [0.25, 0.3) is 11.8 Å². The van der Waals surface area contributed by atoms with Gasteiger partial charge in [0.2, 0.25) is 0 Å². The van der Waals surface area contributed by atoms with Crippen molar-refractivity contribution < 1.29 is 9.90 Å². The zero-order chi connectivity index (χ0) is 11.1. The van der Waals surface area contributed by atoms with E-state index in [9.17, 15) is 4.79 Å². The molecule has 5 heteroatoms. The lowest BCUT2D eigenvalue weighted by Gasteiger charge is -2.29. The fourth-order valence-corrected chi connectivity index (χ4v) is 1.86. The summed E-state index contributed by atoms with van der Waals surface area (Å²) < 4.78 is 0. The molecule has 16 heavy (non-hydrogen) atoms. The molecule has 5 nitrogen and oxygen atoms in total. The maximum atomic E-state index is 11.1. The van der Waals surface area contributed by atoms with Gasteiger partial charge in [0.15, 0.2) is 0 Å². The Balaban J connectivity index is 2.27. The number of aromatic nitrogens is 2. The van der Waals surface area contributed by atoms with E-state index in [0.29, 0.717) is 17.1 Å². The molecular formula is C11H7N3O2. The minimum Gasteiger partial charge on any atom is -0.464 e. The van der Waals surface area contributed by atoms with Crippen molar-refractivity contribution in [3.05, 3.63) is 47.7 Å². The average molecular weight is 213 g/mol. The lowest BCUT2D eigenvalue weighted by molar-refractivity contribution is 0.175. The van der Waals surface area contributed by atoms with Crippen LogP contribution in [0.5, 0.6) is 0 Å². The normalized spacial score (nSPS) is 16.4. The van der Waals surface area contributed by atoms with Gasteiger partial charge in [-0.15, -0.1) is 0 Å². The van der Waals surface area contributed by atoms with Gasteiger partial charge in [-0.3, -0.25) is 0 Å². The summed E-state index contributed by atoms with van der Waals surface area (Å²) in [6.07, 6.45) is 9.13. The Kier molecular flexibility index (Phi) is 1.67. The van der Waals surface area contributed by atoms with Gasteiger partial charge in [-0.25, -0.2) is 19.7 Å². The number of nitrogens with zero attached hydrogens (tertiary/aromatic N) is 3. The quantitative estimate of drug-likeness (QED) is 0.712. The molecule has 1 aromatic heterocycles. The molecule has 1 N–H and O–H groups in total. The number of allylic oxidation sites excluding steroid dienone is 3. The average Bonchev–Trinajstić information content (AvgIpc) is 2.28. The standard InChI is InChI=1S/C11H7N3O2/c15-11(16)14-8-2-1-3-9(14)10-7(4-8)5-12-6-13-10/h1-6H,(H,15,16). The molecule has 3 heterocycles. The topological polar surface area (TPSA) is 66.3 Å². The third kappa shape index (κ3) is 1.08. The summed E-state index contributed by atoms with van der Waals surface area (Å²) in [5.74, 6) is 0. The van der Waals surface area contributed by atoms with E-state index in [4.69, 9.17) is 5.11 Å². The van der Waals surface area contributed by atoms with Gasteiger partial charge >= 0.3 is 6.09 Å². The summed E-state index contributed by atoms with van der Waals surface area (Å²) in [5, 5.41) is 9.14. The first-order chi connectivity index (χ1) is 7.77. The van der Waals surface area contributed by atoms with Crippen molar-refractivity contribution in [3.63, 3.8) is 0 Å². The predicted molar refractivity (Wildman–Crippen MR) is 57.0 cm³/mol. The third-order valence-corrected chi connectivity index (χ3v) is 2.50. The Morgan fingerprint density at radius 2 is 2.31 bits per heavy atom. The van der Waals surface area contributed by atoms with Gasteiger partial charge in [0, 0.05) is 11.8 Å². The van der Waals surface area contributed by atoms with Crippen LogP contribution in [-0.4, -0.2) is 26.1 Å². The molecule has 0 fully saturated rings. The second-order valence-electron chi connectivity index (χ2n) is 3.42. The van der Waals surface area contributed by atoms with Crippen LogP contribution in [0.1, 0.15) is 11.3 Å². The molecule has 0 radical (unpaired) electrons. The number of carbonyl (C=O) groups is 1. The fourth-order valence-electron chi connectivity index (χ4n) is 1.86. The predicted octanol–water partition coefficient (Wildman–Crippen LogP) is 1.72. The van der Waals surface area contributed by atoms with E-state index in [2.05, 4.69) is 9.97 Å². The van der Waals surface area contributed by atoms with Gasteiger partial charge in [-0.05, 0) is 18.2 Å². The molecule has 1 aromatic rings. The molecule has 0 saturated carbocycles. The highest BCUT2D eigenvalue weighted by Crippen LogP contribution is 2.34. The van der Waals surface area contributed by atoms with Crippen LogP contribution in [0.2, 0.25) is 0 Å². The minimum absolute atomic E-state index is 0.574. The van der Waals surface area contributed by atoms with Crippen LogP contribution in [0.15, 0.2) is 36.4 Å². The number of hydrogen-bond acceptors (Lipinski definition) is 3. The van der Waals surface area contributed by atoms with Crippen LogP contribution < -0.4 is 0 Å². The Hall–Kier alpha value is -2.43. The Labute approximate surface area is 91.1 Å². The van der Waals surface area contributed by atoms with Crippen LogP contribution in [-0.2, 0) is 0 Å². The van der Waals surface area contributed by atoms with Crippen molar-refractivity contribution in [2.24, 2.45) is 0 Å². The van der Waals surface area contributed by atoms with Crippen molar-refractivity contribution >= 4 is 17.9 Å². The number of hydrogen-bond donors (Lipinski definition) is 1. The van der Waals surface area contributed by atoms with Gasteiger partial charge in [0.05, 0.1) is 17.1 Å². The van der Waals surface area contributed by atoms with Crippen molar-refractivity contribution in [2.75, 3.05) is 0 Å². The highest BCUT2D eigenvalue weighted by molar-refractivity contribution is 5.91. The van der Waals surface area contributed by atoms with Crippen molar-refractivity contribution in [2.45, 2.75) is 0 Å². The number of fused-ring (bicyclic) bond motifs is 4. The maximum Gasteiger partial charge on any atom is 0.416 e. The zero-order valence-corrected chi connectivity index (χ0v) is 8.16. The highest BCUT2D eigenvalue weighted by atomic mass is 16.4. The van der Waals surface area contributed by atoms with Gasteiger partial charge in [-0.1, -0.05) is 6.08 Å². The molecule has 0 atom stereocenters. The molecule has 2 aliphatic rings. The summed E-state index contributed by atoms with van der Waals surface area (Å²) in [6.45, 7) is 0. The number of carboxylic acid groups (broad SMARTS) is 1. The molecule has 1 amide bonds. The van der Waals surface area contributed by atoms with Gasteiger partial charge in [0.1, 0.15) is 6.33 Å². The second kappa shape index (κ2) is 3.03. The van der Waals surface area contributed by atoms with E-state index in [-0.39, 0.29) is 0 Å². The summed E-state index contributed by atoms with van der Waals surface area (Å²) in [4.78, 5) is 20.4. The zero-order valence-electron chi connectivity index (χ0n) is 8.16. The van der Waals surface area contributed by atoms with E-state index in [1.165, 1.54) is 11.2 Å². The SMILES string of the molecule is O=C(O)N1C2=Cc3cncnc3C1=CC=C2. The highest BCUT2D eigenvalue weighted by Gasteiger charge is 2.29. The molecule has 3 rings (SSSR count). The molecule has 0 aromatic carbocycles. The number of rotatable bonds is 0. The van der Waals surface area contributed by atoms with Crippen molar-refractivity contribution in [1.29, 1.82) is 0 Å². The van der Waals surface area contributed by atoms with E-state index in [1.54, 1.807) is 24.4 Å². The van der Waals surface area contributed by atoms with E-state index in [0.717, 1.165) is 5.56 Å². The van der Waals surface area contributed by atoms with E-state index in [1.807, 2.05) is 6.08 Å². The van der Waals surface area contributed by atoms with Crippen molar-refractivity contribution in [1.82, 2.24) is 14.9 Å². The van der Waals surface area contributed by atoms with Crippen LogP contribution in [0.4, 0.5) is 4.79 Å². The molecule has 2 bridgehead atoms. The maximum absolute atomic E-state index is 11.1. The Bertz CT molecular complexity index is 572. The Morgan fingerprint density at radius 3 is 3.12 bits per heavy atom. The third-order valence-electron chi connectivity index (χ3n) is 2.50. The molecule has 0 aliphatic carbocycles. The monoisotopic (exact) mass is 213 g/mol. The summed E-state index contributed by atoms with van der Waals surface area (Å²) in [5.41, 5.74) is 2.67. The lowest BCUT2D eigenvalue weighted by Crippen LogP contribution is -2.30. The summed E-state index contributed by atoms with van der Waals surface area (Å²) in [7, 11) is 0. The second-order valence-corrected chi connectivity index (χ2v) is 3.42. The fraction of sp³-hybridized carbons (Fsp3) is 0. The van der Waals surface area contributed by atoms with E-state index >= 15 is 0 Å². The Morgan fingerprint density at radius 1 is 1.44 bits per heavy atom. The smallest absolute Gasteiger partial charge is 0.416 e. The summed E-state index contributed by atoms with van der Waals surface area (Å²) >= 11 is 0. The first kappa shape index (κ1) is 8.84. The van der Waals surface area contributed by atoms with Crippen LogP contribution in [0, 0.1) is 0 Å². The van der Waals surface area contributed by atoms with Crippen molar-refractivity contribution in [3.8, 4) is 0 Å². The molecular weight excluding hydrogens is 206 g/mol. The number of amides is 1. The van der Waals surface area contributed by atoms with Crippen LogP contribution >= 0.6 is 0 Å². The molecule has 78 valence electrons. The van der Waals surface area contributed by atoms with Gasteiger partial charge in [-0.2, -0.15) is 0 Å². The first-order valence-corrected chi connectivity index (χ1v) is 4.71. The van der Waals surface area contributed by atoms with Gasteiger partial charge in [0.25, 0.3) is 0 Å². The minimum atomic E-state index is -1.01. The summed E-state index contributed by atoms with van der Waals surface area (Å²) in [6, 6.07) is 0. The van der Waals surface area contributed by atoms with Gasteiger partial charge < -0.3 is 5.11 Å². The lowest BCUT2D eigenvalue weighted by atomic mass is 10.0.